The molecule has 0 amide bonds. The van der Waals surface area contributed by atoms with Gasteiger partial charge in [0.1, 0.15) is 5.69 Å². The van der Waals surface area contributed by atoms with Crippen molar-refractivity contribution in [3.8, 4) is 0 Å². The van der Waals surface area contributed by atoms with Crippen LogP contribution < -0.4 is 0 Å². The van der Waals surface area contributed by atoms with Crippen molar-refractivity contribution in [1.29, 1.82) is 0 Å². The minimum atomic E-state index is 0.0347. The highest BCUT2D eigenvalue weighted by atomic mass is 79.9. The van der Waals surface area contributed by atoms with Gasteiger partial charge in [0.15, 0.2) is 5.78 Å². The molecule has 2 rings (SSSR count). The van der Waals surface area contributed by atoms with Gasteiger partial charge in [-0.25, -0.2) is 4.98 Å². The van der Waals surface area contributed by atoms with Crippen LogP contribution in [0.4, 0.5) is 0 Å². The summed E-state index contributed by atoms with van der Waals surface area (Å²) in [5, 5.41) is 0. The minimum absolute atomic E-state index is 0.0347. The Morgan fingerprint density at radius 1 is 1.44 bits per heavy atom. The molecule has 82 valence electrons. The second-order valence-electron chi connectivity index (χ2n) is 3.62. The average molecular weight is 279 g/mol. The molecular formula is C12H11BrN2O. The van der Waals surface area contributed by atoms with Gasteiger partial charge in [0.05, 0.1) is 6.33 Å². The maximum absolute atomic E-state index is 11.9. The van der Waals surface area contributed by atoms with Crippen LogP contribution in [0.1, 0.15) is 16.1 Å². The molecule has 0 saturated carbocycles. The van der Waals surface area contributed by atoms with Gasteiger partial charge in [0.2, 0.25) is 0 Å². The van der Waals surface area contributed by atoms with Crippen LogP contribution in [0, 0.1) is 0 Å². The number of halogens is 1. The third kappa shape index (κ3) is 2.39. The number of aromatic nitrogens is 2. The Morgan fingerprint density at radius 2 is 2.19 bits per heavy atom. The molecule has 0 bridgehead atoms. The van der Waals surface area contributed by atoms with E-state index in [4.69, 9.17) is 0 Å². The molecule has 2 aromatic rings. The SMILES string of the molecule is Cn1cnc(C(=O)Cc2ccccc2Br)c1. The molecule has 1 aromatic heterocycles. The zero-order valence-electron chi connectivity index (χ0n) is 8.85. The summed E-state index contributed by atoms with van der Waals surface area (Å²) in [6.45, 7) is 0. The lowest BCUT2D eigenvalue weighted by Gasteiger charge is -2.01. The van der Waals surface area contributed by atoms with E-state index in [1.54, 1.807) is 17.1 Å². The quantitative estimate of drug-likeness (QED) is 0.809. The molecule has 0 unspecified atom stereocenters. The van der Waals surface area contributed by atoms with E-state index < -0.39 is 0 Å². The first-order chi connectivity index (χ1) is 7.66. The first-order valence-corrected chi connectivity index (χ1v) is 5.70. The Kier molecular flexibility index (Phi) is 3.19. The standard InChI is InChI=1S/C12H11BrN2O/c1-15-7-11(14-8-15)12(16)6-9-4-2-3-5-10(9)13/h2-5,7-8H,6H2,1H3. The van der Waals surface area contributed by atoms with Crippen molar-refractivity contribution in [3.63, 3.8) is 0 Å². The lowest BCUT2D eigenvalue weighted by Crippen LogP contribution is -2.04. The van der Waals surface area contributed by atoms with Gasteiger partial charge in [-0.15, -0.1) is 0 Å². The normalized spacial score (nSPS) is 10.4. The second-order valence-corrected chi connectivity index (χ2v) is 4.47. The monoisotopic (exact) mass is 278 g/mol. The molecule has 0 saturated heterocycles. The van der Waals surface area contributed by atoms with E-state index in [0.717, 1.165) is 10.0 Å². The highest BCUT2D eigenvalue weighted by Gasteiger charge is 2.11. The van der Waals surface area contributed by atoms with Crippen molar-refractivity contribution in [2.75, 3.05) is 0 Å². The van der Waals surface area contributed by atoms with E-state index in [1.165, 1.54) is 0 Å². The summed E-state index contributed by atoms with van der Waals surface area (Å²) in [7, 11) is 1.85. The second kappa shape index (κ2) is 4.61. The topological polar surface area (TPSA) is 34.9 Å². The number of aryl methyl sites for hydroxylation is 1. The number of carbonyl (C=O) groups excluding carboxylic acids is 1. The van der Waals surface area contributed by atoms with E-state index in [0.29, 0.717) is 12.1 Å². The summed E-state index contributed by atoms with van der Waals surface area (Å²) in [4.78, 5) is 15.9. The van der Waals surface area contributed by atoms with Crippen LogP contribution in [0.2, 0.25) is 0 Å². The Morgan fingerprint density at radius 3 is 2.81 bits per heavy atom. The van der Waals surface area contributed by atoms with Crippen molar-refractivity contribution >= 4 is 21.7 Å². The summed E-state index contributed by atoms with van der Waals surface area (Å²) in [5.74, 6) is 0.0347. The summed E-state index contributed by atoms with van der Waals surface area (Å²) in [6.07, 6.45) is 3.74. The Labute approximate surface area is 102 Å². The van der Waals surface area contributed by atoms with Crippen LogP contribution in [-0.4, -0.2) is 15.3 Å². The number of Topliss-reactive ketones (excluding diaryl/α,β-unsaturated/α-hetero) is 1. The van der Waals surface area contributed by atoms with Gasteiger partial charge < -0.3 is 4.57 Å². The maximum atomic E-state index is 11.9. The summed E-state index contributed by atoms with van der Waals surface area (Å²) >= 11 is 3.42. The summed E-state index contributed by atoms with van der Waals surface area (Å²) in [6, 6.07) is 7.72. The minimum Gasteiger partial charge on any atom is -0.340 e. The Balaban J connectivity index is 2.17. The molecule has 0 atom stereocenters. The first-order valence-electron chi connectivity index (χ1n) is 4.91. The lowest BCUT2D eigenvalue weighted by atomic mass is 10.1. The van der Waals surface area contributed by atoms with Crippen LogP contribution in [0.5, 0.6) is 0 Å². The fourth-order valence-electron chi connectivity index (χ4n) is 1.46. The number of imidazole rings is 1. The molecule has 0 radical (unpaired) electrons. The number of carbonyl (C=O) groups is 1. The van der Waals surface area contributed by atoms with E-state index in [2.05, 4.69) is 20.9 Å². The third-order valence-electron chi connectivity index (χ3n) is 2.30. The predicted octanol–water partition coefficient (Wildman–Crippen LogP) is 2.61. The van der Waals surface area contributed by atoms with Crippen molar-refractivity contribution in [2.24, 2.45) is 7.05 Å². The van der Waals surface area contributed by atoms with Crippen molar-refractivity contribution in [3.05, 3.63) is 52.5 Å². The fraction of sp³-hybridized carbons (Fsp3) is 0.167. The zero-order chi connectivity index (χ0) is 11.5. The van der Waals surface area contributed by atoms with E-state index >= 15 is 0 Å². The number of benzene rings is 1. The Hall–Kier alpha value is -1.42. The van der Waals surface area contributed by atoms with Gasteiger partial charge in [-0.2, -0.15) is 0 Å². The van der Waals surface area contributed by atoms with Gasteiger partial charge >= 0.3 is 0 Å². The highest BCUT2D eigenvalue weighted by Crippen LogP contribution is 2.17. The molecular weight excluding hydrogens is 268 g/mol. The van der Waals surface area contributed by atoms with Crippen molar-refractivity contribution in [1.82, 2.24) is 9.55 Å². The van der Waals surface area contributed by atoms with Gasteiger partial charge in [-0.05, 0) is 11.6 Å². The molecule has 0 fully saturated rings. The maximum Gasteiger partial charge on any atom is 0.187 e. The van der Waals surface area contributed by atoms with Gasteiger partial charge in [-0.3, -0.25) is 4.79 Å². The number of hydrogen-bond donors (Lipinski definition) is 0. The van der Waals surface area contributed by atoms with Crippen molar-refractivity contribution in [2.45, 2.75) is 6.42 Å². The molecule has 0 aliphatic heterocycles. The third-order valence-corrected chi connectivity index (χ3v) is 3.07. The summed E-state index contributed by atoms with van der Waals surface area (Å²) in [5.41, 5.74) is 1.50. The van der Waals surface area contributed by atoms with Crippen LogP contribution in [-0.2, 0) is 13.5 Å². The van der Waals surface area contributed by atoms with Crippen LogP contribution in [0.15, 0.2) is 41.3 Å². The molecule has 3 nitrogen and oxygen atoms in total. The van der Waals surface area contributed by atoms with Gasteiger partial charge in [0, 0.05) is 24.1 Å². The first kappa shape index (κ1) is 11.1. The van der Waals surface area contributed by atoms with Gasteiger partial charge in [-0.1, -0.05) is 34.1 Å². The summed E-state index contributed by atoms with van der Waals surface area (Å²) < 4.78 is 2.73. The van der Waals surface area contributed by atoms with Crippen LogP contribution in [0.25, 0.3) is 0 Å². The predicted molar refractivity (Wildman–Crippen MR) is 65.4 cm³/mol. The largest absolute Gasteiger partial charge is 0.340 e. The molecule has 16 heavy (non-hydrogen) atoms. The fourth-order valence-corrected chi connectivity index (χ4v) is 1.89. The molecule has 4 heteroatoms. The molecule has 0 aliphatic rings. The number of nitrogens with zero attached hydrogens (tertiary/aromatic N) is 2. The molecule has 0 N–H and O–H groups in total. The van der Waals surface area contributed by atoms with Crippen LogP contribution in [0.3, 0.4) is 0 Å². The number of hydrogen-bond acceptors (Lipinski definition) is 2. The van der Waals surface area contributed by atoms with Crippen LogP contribution >= 0.6 is 15.9 Å². The van der Waals surface area contributed by atoms with E-state index in [-0.39, 0.29) is 5.78 Å². The molecule has 1 heterocycles. The lowest BCUT2D eigenvalue weighted by molar-refractivity contribution is 0.0988. The number of rotatable bonds is 3. The average Bonchev–Trinajstić information content (AvgIpc) is 2.68. The van der Waals surface area contributed by atoms with Crippen molar-refractivity contribution < 1.29 is 4.79 Å². The highest BCUT2D eigenvalue weighted by molar-refractivity contribution is 9.10. The number of ketones is 1. The Bertz CT molecular complexity index is 519. The zero-order valence-corrected chi connectivity index (χ0v) is 10.4. The van der Waals surface area contributed by atoms with E-state index in [9.17, 15) is 4.79 Å². The smallest absolute Gasteiger partial charge is 0.187 e. The molecule has 1 aromatic carbocycles. The van der Waals surface area contributed by atoms with E-state index in [1.807, 2.05) is 31.3 Å². The molecule has 0 aliphatic carbocycles. The van der Waals surface area contributed by atoms with Gasteiger partial charge in [0.25, 0.3) is 0 Å². The molecule has 0 spiro atoms.